The molecular weight excluding hydrogens is 478 g/mol. The van der Waals surface area contributed by atoms with E-state index in [1.807, 2.05) is 0 Å². The van der Waals surface area contributed by atoms with Crippen molar-refractivity contribution in [2.45, 2.75) is 129 Å². The maximum absolute atomic E-state index is 11.6. The molecule has 0 aromatic heterocycles. The van der Waals surface area contributed by atoms with Crippen LogP contribution in [0.3, 0.4) is 0 Å². The van der Waals surface area contributed by atoms with E-state index < -0.39 is 17.4 Å². The Morgan fingerprint density at radius 3 is 1.04 bits per heavy atom. The molecule has 0 unspecified atom stereocenters. The molecular formula is C23H42BaO4. The molecule has 4 nitrogen and oxygen atoms in total. The molecule has 0 bridgehead atoms. The first-order valence-corrected chi connectivity index (χ1v) is 11.4. The number of hydrogen-bond donors (Lipinski definition) is 0. The van der Waals surface area contributed by atoms with E-state index in [4.69, 9.17) is 0 Å². The van der Waals surface area contributed by atoms with Crippen molar-refractivity contribution >= 4 is 60.8 Å². The predicted octanol–water partition coefficient (Wildman–Crippen LogP) is 4.15. The Labute approximate surface area is 213 Å². The van der Waals surface area contributed by atoms with Crippen molar-refractivity contribution in [3.05, 3.63) is 0 Å². The predicted molar refractivity (Wildman–Crippen MR) is 113 cm³/mol. The van der Waals surface area contributed by atoms with E-state index in [2.05, 4.69) is 13.8 Å². The molecule has 0 spiro atoms. The fraction of sp³-hybridized carbons (Fsp3) is 0.913. The molecule has 0 aliphatic rings. The molecule has 0 saturated heterocycles. The zero-order valence-corrected chi connectivity index (χ0v) is 23.0. The maximum atomic E-state index is 11.6. The van der Waals surface area contributed by atoms with Gasteiger partial charge in [-0.1, -0.05) is 117 Å². The molecule has 0 heterocycles. The minimum atomic E-state index is -1.80. The van der Waals surface area contributed by atoms with Crippen molar-refractivity contribution in [1.29, 1.82) is 0 Å². The van der Waals surface area contributed by atoms with E-state index in [0.717, 1.165) is 38.5 Å². The summed E-state index contributed by atoms with van der Waals surface area (Å²) < 4.78 is 0. The summed E-state index contributed by atoms with van der Waals surface area (Å²) in [4.78, 5) is 23.2. The van der Waals surface area contributed by atoms with Crippen molar-refractivity contribution in [1.82, 2.24) is 0 Å². The first-order chi connectivity index (χ1) is 13.0. The number of hydrogen-bond acceptors (Lipinski definition) is 4. The molecule has 28 heavy (non-hydrogen) atoms. The largest absolute Gasteiger partial charge is 2.00 e. The Hall–Kier alpha value is 0.511. The van der Waals surface area contributed by atoms with Gasteiger partial charge in [0.1, 0.15) is 0 Å². The Bertz CT molecular complexity index is 349. The van der Waals surface area contributed by atoms with E-state index in [-0.39, 0.29) is 61.7 Å². The Morgan fingerprint density at radius 2 is 0.786 bits per heavy atom. The van der Waals surface area contributed by atoms with Crippen molar-refractivity contribution in [2.75, 3.05) is 0 Å². The second-order valence-corrected chi connectivity index (χ2v) is 8.11. The standard InChI is InChI=1S/C23H44O4.Ba/c1-3-5-7-9-11-13-15-17-19-23(21(24)25,22(26)27)20-18-16-14-12-10-8-6-4-2;/h3-20H2,1-2H3,(H,24,25)(H,26,27);/q;+2/p-2. The van der Waals surface area contributed by atoms with Crippen molar-refractivity contribution in [2.24, 2.45) is 5.41 Å². The molecule has 0 fully saturated rings. The Kier molecular flexibility index (Phi) is 22.8. The SMILES string of the molecule is CCCCCCCCCCC(CCCCCCCCCC)(C(=O)[O-])C(=O)[O-].[Ba+2]. The van der Waals surface area contributed by atoms with Gasteiger partial charge >= 0.3 is 48.9 Å². The summed E-state index contributed by atoms with van der Waals surface area (Å²) in [5.74, 6) is -2.93. The fourth-order valence-electron chi connectivity index (χ4n) is 3.74. The van der Waals surface area contributed by atoms with Gasteiger partial charge in [-0.05, 0) is 12.8 Å². The van der Waals surface area contributed by atoms with Gasteiger partial charge in [-0.25, -0.2) is 0 Å². The van der Waals surface area contributed by atoms with Gasteiger partial charge in [0.25, 0.3) is 0 Å². The zero-order chi connectivity index (χ0) is 20.4. The van der Waals surface area contributed by atoms with Gasteiger partial charge in [-0.3, -0.25) is 0 Å². The van der Waals surface area contributed by atoms with E-state index in [1.165, 1.54) is 51.4 Å². The third-order valence-corrected chi connectivity index (χ3v) is 5.70. The van der Waals surface area contributed by atoms with Crippen LogP contribution in [0.2, 0.25) is 0 Å². The van der Waals surface area contributed by atoms with Crippen molar-refractivity contribution in [3.63, 3.8) is 0 Å². The molecule has 160 valence electrons. The molecule has 0 atom stereocenters. The zero-order valence-electron chi connectivity index (χ0n) is 18.6. The van der Waals surface area contributed by atoms with Crippen LogP contribution in [-0.2, 0) is 9.59 Å². The number of carboxylic acids is 2. The van der Waals surface area contributed by atoms with Gasteiger partial charge in [-0.15, -0.1) is 0 Å². The summed E-state index contributed by atoms with van der Waals surface area (Å²) in [7, 11) is 0. The van der Waals surface area contributed by atoms with Gasteiger partial charge in [0.15, 0.2) is 0 Å². The number of aliphatic carboxylic acids is 2. The maximum Gasteiger partial charge on any atom is 2.00 e. The van der Waals surface area contributed by atoms with Crippen LogP contribution in [-0.4, -0.2) is 60.8 Å². The average Bonchev–Trinajstić information content (AvgIpc) is 2.63. The van der Waals surface area contributed by atoms with E-state index >= 15 is 0 Å². The van der Waals surface area contributed by atoms with Crippen LogP contribution in [0.5, 0.6) is 0 Å². The number of carbonyl (C=O) groups excluding carboxylic acids is 2. The van der Waals surface area contributed by atoms with Crippen molar-refractivity contribution < 1.29 is 19.8 Å². The first kappa shape index (κ1) is 30.7. The average molecular weight is 520 g/mol. The van der Waals surface area contributed by atoms with Crippen LogP contribution in [0, 0.1) is 5.41 Å². The van der Waals surface area contributed by atoms with Gasteiger partial charge in [0.2, 0.25) is 0 Å². The normalized spacial score (nSPS) is 11.2. The molecule has 0 saturated carbocycles. The van der Waals surface area contributed by atoms with Crippen LogP contribution in [0.1, 0.15) is 129 Å². The quantitative estimate of drug-likeness (QED) is 0.137. The fourth-order valence-corrected chi connectivity index (χ4v) is 3.74. The molecule has 0 N–H and O–H groups in total. The molecule has 0 aliphatic carbocycles. The van der Waals surface area contributed by atoms with Gasteiger partial charge in [0.05, 0.1) is 11.9 Å². The molecule has 0 radical (unpaired) electrons. The Balaban J connectivity index is 0. The van der Waals surface area contributed by atoms with Crippen LogP contribution < -0.4 is 10.2 Å². The number of unbranched alkanes of at least 4 members (excludes halogenated alkanes) is 14. The van der Waals surface area contributed by atoms with Gasteiger partial charge in [0, 0.05) is 5.41 Å². The van der Waals surface area contributed by atoms with E-state index in [0.29, 0.717) is 12.8 Å². The molecule has 0 aromatic carbocycles. The number of rotatable bonds is 20. The number of carboxylic acid groups (broad SMARTS) is 2. The minimum Gasteiger partial charge on any atom is -0.549 e. The summed E-state index contributed by atoms with van der Waals surface area (Å²) in [5, 5.41) is 23.2. The Morgan fingerprint density at radius 1 is 0.536 bits per heavy atom. The second kappa shape index (κ2) is 20.8. The molecule has 0 aliphatic heterocycles. The molecule has 5 heteroatoms. The third-order valence-electron chi connectivity index (χ3n) is 5.70. The summed E-state index contributed by atoms with van der Waals surface area (Å²) in [5.41, 5.74) is -1.80. The van der Waals surface area contributed by atoms with Crippen LogP contribution in [0.15, 0.2) is 0 Å². The monoisotopic (exact) mass is 520 g/mol. The van der Waals surface area contributed by atoms with E-state index in [1.54, 1.807) is 0 Å². The minimum absolute atomic E-state index is 0. The summed E-state index contributed by atoms with van der Waals surface area (Å²) in [6.07, 6.45) is 17.5. The van der Waals surface area contributed by atoms with E-state index in [9.17, 15) is 19.8 Å². The molecule has 0 amide bonds. The van der Waals surface area contributed by atoms with Gasteiger partial charge < -0.3 is 19.8 Å². The van der Waals surface area contributed by atoms with Crippen LogP contribution in [0.4, 0.5) is 0 Å². The summed E-state index contributed by atoms with van der Waals surface area (Å²) >= 11 is 0. The molecule has 0 rings (SSSR count). The van der Waals surface area contributed by atoms with Crippen LogP contribution >= 0.6 is 0 Å². The smallest absolute Gasteiger partial charge is 0.549 e. The second-order valence-electron chi connectivity index (χ2n) is 8.11. The van der Waals surface area contributed by atoms with Crippen LogP contribution in [0.25, 0.3) is 0 Å². The summed E-state index contributed by atoms with van der Waals surface area (Å²) in [6.45, 7) is 4.37. The number of carbonyl (C=O) groups is 2. The first-order valence-electron chi connectivity index (χ1n) is 11.4. The van der Waals surface area contributed by atoms with Crippen molar-refractivity contribution in [3.8, 4) is 0 Å². The topological polar surface area (TPSA) is 80.3 Å². The summed E-state index contributed by atoms with van der Waals surface area (Å²) in [6, 6.07) is 0. The third kappa shape index (κ3) is 14.5. The van der Waals surface area contributed by atoms with Gasteiger partial charge in [-0.2, -0.15) is 0 Å². The molecule has 0 aromatic rings.